The van der Waals surface area contributed by atoms with Crippen molar-refractivity contribution in [1.29, 1.82) is 0 Å². The van der Waals surface area contributed by atoms with Crippen LogP contribution >= 0.6 is 0 Å². The van der Waals surface area contributed by atoms with Crippen LogP contribution in [0.15, 0.2) is 30.3 Å². The van der Waals surface area contributed by atoms with Gasteiger partial charge in [-0.05, 0) is 81.8 Å². The molecule has 0 aromatic heterocycles. The number of ether oxygens (including phenoxy) is 2. The van der Waals surface area contributed by atoms with E-state index < -0.39 is 53.0 Å². The molecular weight excluding hydrogens is 504 g/mol. The Bertz CT molecular complexity index is 1110. The topological polar surface area (TPSA) is 67.8 Å². The fraction of sp³-hybridized carbons (Fsp3) is 0.577. The SMILES string of the molecule is CC(C)(C)OC(=O)NC[C@](C)(O)c1ccc2c(C(F)(F)F)c(OC3CCC(C(F)(F)F)CC3)ccc2c1. The Kier molecular flexibility index (Phi) is 7.98. The van der Waals surface area contributed by atoms with Gasteiger partial charge < -0.3 is 19.9 Å². The minimum absolute atomic E-state index is 0.00592. The molecule has 2 aromatic carbocycles. The quantitative estimate of drug-likeness (QED) is 0.401. The number of alkyl halides is 6. The van der Waals surface area contributed by atoms with Gasteiger partial charge in [0.1, 0.15) is 22.5 Å². The molecule has 2 N–H and O–H groups in total. The Morgan fingerprint density at radius 1 is 0.973 bits per heavy atom. The standard InChI is InChI=1S/C26H31F6NO4/c1-23(2,3)37-22(34)33-14-24(4,35)17-8-11-19-15(13-17)5-12-20(21(19)26(30,31)32)36-18-9-6-16(7-10-18)25(27,28)29/h5,8,11-13,16,18,35H,6-7,9-10,14H2,1-4H3,(H,33,34)/t16?,18?,24-/m0/s1. The van der Waals surface area contributed by atoms with Crippen LogP contribution in [0.1, 0.15) is 64.5 Å². The summed E-state index contributed by atoms with van der Waals surface area (Å²) in [6, 6.07) is 6.48. The molecule has 1 aliphatic carbocycles. The van der Waals surface area contributed by atoms with E-state index in [4.69, 9.17) is 9.47 Å². The monoisotopic (exact) mass is 535 g/mol. The molecule has 1 atom stereocenters. The smallest absolute Gasteiger partial charge is 0.420 e. The third-order valence-corrected chi connectivity index (χ3v) is 6.29. The van der Waals surface area contributed by atoms with E-state index in [-0.39, 0.29) is 48.6 Å². The molecular formula is C26H31F6NO4. The molecule has 0 bridgehead atoms. The zero-order valence-corrected chi connectivity index (χ0v) is 21.0. The van der Waals surface area contributed by atoms with E-state index in [1.165, 1.54) is 31.2 Å². The molecule has 0 radical (unpaired) electrons. The van der Waals surface area contributed by atoms with E-state index in [1.807, 2.05) is 0 Å². The molecule has 5 nitrogen and oxygen atoms in total. The third-order valence-electron chi connectivity index (χ3n) is 6.29. The maximum Gasteiger partial charge on any atom is 0.420 e. The zero-order valence-electron chi connectivity index (χ0n) is 21.0. The van der Waals surface area contributed by atoms with E-state index in [0.717, 1.165) is 6.07 Å². The Morgan fingerprint density at radius 2 is 1.59 bits per heavy atom. The molecule has 0 unspecified atom stereocenters. The van der Waals surface area contributed by atoms with Crippen molar-refractivity contribution in [2.24, 2.45) is 5.92 Å². The summed E-state index contributed by atoms with van der Waals surface area (Å²) in [6.45, 7) is 6.19. The molecule has 11 heteroatoms. The summed E-state index contributed by atoms with van der Waals surface area (Å²) < 4.78 is 91.8. The molecule has 1 amide bonds. The first-order valence-electron chi connectivity index (χ1n) is 11.9. The first kappa shape index (κ1) is 28.9. The summed E-state index contributed by atoms with van der Waals surface area (Å²) >= 11 is 0. The summed E-state index contributed by atoms with van der Waals surface area (Å²) in [7, 11) is 0. The predicted molar refractivity (Wildman–Crippen MR) is 125 cm³/mol. The number of fused-ring (bicyclic) bond motifs is 1. The number of amides is 1. The fourth-order valence-corrected chi connectivity index (χ4v) is 4.38. The van der Waals surface area contributed by atoms with Gasteiger partial charge in [-0.25, -0.2) is 4.79 Å². The number of alkyl carbamates (subject to hydrolysis) is 1. The van der Waals surface area contributed by atoms with Crippen molar-refractivity contribution in [1.82, 2.24) is 5.32 Å². The largest absolute Gasteiger partial charge is 0.490 e. The summed E-state index contributed by atoms with van der Waals surface area (Å²) in [4.78, 5) is 11.9. The van der Waals surface area contributed by atoms with Gasteiger partial charge in [-0.15, -0.1) is 0 Å². The van der Waals surface area contributed by atoms with Crippen LogP contribution in [-0.2, 0) is 16.5 Å². The van der Waals surface area contributed by atoms with Crippen LogP contribution in [-0.4, -0.2) is 35.6 Å². The van der Waals surface area contributed by atoms with E-state index in [1.54, 1.807) is 20.8 Å². The summed E-state index contributed by atoms with van der Waals surface area (Å²) in [5.74, 6) is -1.91. The average Bonchev–Trinajstić information content (AvgIpc) is 2.75. The van der Waals surface area contributed by atoms with E-state index in [9.17, 15) is 36.2 Å². The normalized spacial score (nSPS) is 20.8. The van der Waals surface area contributed by atoms with Crippen LogP contribution in [0.25, 0.3) is 10.8 Å². The molecule has 2 aromatic rings. The minimum atomic E-state index is -4.79. The zero-order chi connectivity index (χ0) is 27.8. The van der Waals surface area contributed by atoms with Gasteiger partial charge in [0.25, 0.3) is 0 Å². The molecule has 0 aliphatic heterocycles. The molecule has 1 aliphatic rings. The number of hydrogen-bond acceptors (Lipinski definition) is 4. The van der Waals surface area contributed by atoms with Gasteiger partial charge in [0.05, 0.1) is 18.6 Å². The van der Waals surface area contributed by atoms with Crippen LogP contribution in [0.3, 0.4) is 0 Å². The number of rotatable bonds is 5. The Labute approximate surface area is 211 Å². The highest BCUT2D eigenvalue weighted by atomic mass is 19.4. The number of hydrogen-bond donors (Lipinski definition) is 2. The molecule has 37 heavy (non-hydrogen) atoms. The second-order valence-corrected chi connectivity index (χ2v) is 10.6. The lowest BCUT2D eigenvalue weighted by molar-refractivity contribution is -0.185. The second kappa shape index (κ2) is 10.2. The lowest BCUT2D eigenvalue weighted by Gasteiger charge is -2.31. The van der Waals surface area contributed by atoms with Gasteiger partial charge in [-0.3, -0.25) is 0 Å². The van der Waals surface area contributed by atoms with Crippen molar-refractivity contribution in [3.8, 4) is 5.75 Å². The first-order chi connectivity index (χ1) is 16.9. The van der Waals surface area contributed by atoms with Crippen molar-refractivity contribution in [2.75, 3.05) is 6.54 Å². The van der Waals surface area contributed by atoms with Crippen LogP contribution in [0, 0.1) is 5.92 Å². The minimum Gasteiger partial charge on any atom is -0.490 e. The van der Waals surface area contributed by atoms with Gasteiger partial charge in [0, 0.05) is 0 Å². The fourth-order valence-electron chi connectivity index (χ4n) is 4.38. The number of benzene rings is 2. The van der Waals surface area contributed by atoms with Gasteiger partial charge in [0.15, 0.2) is 0 Å². The van der Waals surface area contributed by atoms with Crippen LogP contribution in [0.2, 0.25) is 0 Å². The van der Waals surface area contributed by atoms with Crippen LogP contribution < -0.4 is 10.1 Å². The molecule has 0 heterocycles. The number of nitrogens with one attached hydrogen (secondary N) is 1. The van der Waals surface area contributed by atoms with E-state index in [0.29, 0.717) is 0 Å². The van der Waals surface area contributed by atoms with Crippen LogP contribution in [0.4, 0.5) is 31.1 Å². The van der Waals surface area contributed by atoms with Gasteiger partial charge in [0.2, 0.25) is 0 Å². The maximum atomic E-state index is 14.1. The van der Waals surface area contributed by atoms with Crippen molar-refractivity contribution >= 4 is 16.9 Å². The third kappa shape index (κ3) is 7.43. The summed E-state index contributed by atoms with van der Waals surface area (Å²) in [5, 5.41) is 13.3. The predicted octanol–water partition coefficient (Wildman–Crippen LogP) is 7.09. The van der Waals surface area contributed by atoms with Crippen molar-refractivity contribution in [2.45, 2.75) is 83.0 Å². The van der Waals surface area contributed by atoms with E-state index in [2.05, 4.69) is 5.32 Å². The first-order valence-corrected chi connectivity index (χ1v) is 11.9. The van der Waals surface area contributed by atoms with Crippen molar-refractivity contribution < 1.29 is 45.7 Å². The number of carbonyl (C=O) groups excluding carboxylic acids is 1. The number of aliphatic hydroxyl groups is 1. The maximum absolute atomic E-state index is 14.1. The second-order valence-electron chi connectivity index (χ2n) is 10.6. The van der Waals surface area contributed by atoms with Gasteiger partial charge >= 0.3 is 18.4 Å². The number of halogens is 6. The average molecular weight is 536 g/mol. The Hall–Kier alpha value is -2.69. The molecule has 206 valence electrons. The molecule has 0 saturated heterocycles. The highest BCUT2D eigenvalue weighted by Crippen LogP contribution is 2.44. The van der Waals surface area contributed by atoms with Gasteiger partial charge in [-0.1, -0.05) is 18.2 Å². The van der Waals surface area contributed by atoms with Gasteiger partial charge in [-0.2, -0.15) is 26.3 Å². The van der Waals surface area contributed by atoms with Crippen molar-refractivity contribution in [3.05, 3.63) is 41.5 Å². The molecule has 3 rings (SSSR count). The highest BCUT2D eigenvalue weighted by Gasteiger charge is 2.43. The van der Waals surface area contributed by atoms with Crippen LogP contribution in [0.5, 0.6) is 5.75 Å². The number of carbonyl (C=O) groups is 1. The molecule has 1 fully saturated rings. The Balaban J connectivity index is 1.83. The highest BCUT2D eigenvalue weighted by molar-refractivity contribution is 5.89. The molecule has 0 spiro atoms. The molecule has 1 saturated carbocycles. The summed E-state index contributed by atoms with van der Waals surface area (Å²) in [6.07, 6.45) is -11.0. The lowest BCUT2D eigenvalue weighted by atomic mass is 9.87. The Morgan fingerprint density at radius 3 is 2.14 bits per heavy atom. The lowest BCUT2D eigenvalue weighted by Crippen LogP contribution is -2.41. The van der Waals surface area contributed by atoms with E-state index >= 15 is 0 Å². The van der Waals surface area contributed by atoms with Crippen molar-refractivity contribution in [3.63, 3.8) is 0 Å². The summed E-state index contributed by atoms with van der Waals surface area (Å²) in [5.41, 5.74) is -3.12.